The smallest absolute Gasteiger partial charge is 0.274 e. The van der Waals surface area contributed by atoms with Gasteiger partial charge in [0.15, 0.2) is 16.6 Å². The van der Waals surface area contributed by atoms with E-state index in [4.69, 9.17) is 11.6 Å². The predicted octanol–water partition coefficient (Wildman–Crippen LogP) is 6.86. The summed E-state index contributed by atoms with van der Waals surface area (Å²) in [4.78, 5) is 35.6. The molecular weight excluding hydrogens is 603 g/mol. The Kier molecular flexibility index (Phi) is 8.36. The van der Waals surface area contributed by atoms with Crippen molar-refractivity contribution >= 4 is 51.3 Å². The second kappa shape index (κ2) is 12.5. The van der Waals surface area contributed by atoms with E-state index in [1.54, 1.807) is 25.4 Å². The van der Waals surface area contributed by atoms with Crippen molar-refractivity contribution in [2.24, 2.45) is 5.92 Å². The fraction of sp³-hybridized carbons (Fsp3) is 0.226. The van der Waals surface area contributed by atoms with Crippen molar-refractivity contribution in [2.75, 3.05) is 10.6 Å². The number of halogens is 2. The van der Waals surface area contributed by atoms with Gasteiger partial charge in [0.25, 0.3) is 5.91 Å². The van der Waals surface area contributed by atoms with Gasteiger partial charge in [0.2, 0.25) is 5.91 Å². The van der Waals surface area contributed by atoms with Crippen LogP contribution in [-0.4, -0.2) is 36.8 Å². The number of nitrogens with zero attached hydrogens (tertiary/aromatic N) is 5. The summed E-state index contributed by atoms with van der Waals surface area (Å²) >= 11 is 7.44. The molecule has 0 saturated heterocycles. The number of anilines is 3. The number of nitrogens with one attached hydrogen (secondary N) is 3. The summed E-state index contributed by atoms with van der Waals surface area (Å²) in [6, 6.07) is 13.6. The van der Waals surface area contributed by atoms with Crippen LogP contribution >= 0.6 is 22.9 Å². The van der Waals surface area contributed by atoms with E-state index in [-0.39, 0.29) is 28.2 Å². The summed E-state index contributed by atoms with van der Waals surface area (Å²) in [7, 11) is 0. The fourth-order valence-corrected chi connectivity index (χ4v) is 5.87. The van der Waals surface area contributed by atoms with Crippen molar-refractivity contribution in [1.82, 2.24) is 30.3 Å². The Morgan fingerprint density at radius 1 is 1.14 bits per heavy atom. The number of hydrogen-bond donors (Lipinski definition) is 3. The fourth-order valence-electron chi connectivity index (χ4n) is 5.15. The molecule has 0 spiro atoms. The molecule has 2 atom stereocenters. The highest BCUT2D eigenvalue weighted by atomic mass is 35.5. The average Bonchev–Trinajstić information content (AvgIpc) is 3.67. The zero-order valence-corrected chi connectivity index (χ0v) is 25.4. The first kappa shape index (κ1) is 29.4. The Labute approximate surface area is 261 Å². The monoisotopic (exact) mass is 630 g/mol. The topological polar surface area (TPSA) is 127 Å². The highest BCUT2D eigenvalue weighted by Gasteiger charge is 2.25. The summed E-state index contributed by atoms with van der Waals surface area (Å²) in [6.45, 7) is 3.53. The molecule has 0 aliphatic carbocycles. The van der Waals surface area contributed by atoms with Gasteiger partial charge in [0.05, 0.1) is 28.1 Å². The van der Waals surface area contributed by atoms with Gasteiger partial charge in [-0.3, -0.25) is 14.6 Å². The minimum Gasteiger partial charge on any atom is -0.342 e. The molecule has 3 aromatic heterocycles. The molecule has 224 valence electrons. The van der Waals surface area contributed by atoms with Gasteiger partial charge in [-0.2, -0.15) is 0 Å². The molecule has 1 aliphatic rings. The summed E-state index contributed by atoms with van der Waals surface area (Å²) in [6.07, 6.45) is 5.21. The van der Waals surface area contributed by atoms with Crippen molar-refractivity contribution in [3.05, 3.63) is 94.2 Å². The molecular formula is C31H28ClFN8O2S. The number of carbonyl (C=O) groups is 2. The summed E-state index contributed by atoms with van der Waals surface area (Å²) in [5.41, 5.74) is 4.27. The number of benzene rings is 2. The molecule has 1 aliphatic heterocycles. The maximum absolute atomic E-state index is 14.7. The molecule has 10 nitrogen and oxygen atoms in total. The first-order valence-electron chi connectivity index (χ1n) is 14.0. The molecule has 5 aromatic rings. The third-order valence-corrected chi connectivity index (χ3v) is 8.54. The molecule has 0 fully saturated rings. The number of carbonyl (C=O) groups excluding carboxylic acids is 2. The van der Waals surface area contributed by atoms with Crippen LogP contribution in [0.15, 0.2) is 66.3 Å². The van der Waals surface area contributed by atoms with Crippen molar-refractivity contribution < 1.29 is 14.0 Å². The zero-order valence-electron chi connectivity index (χ0n) is 23.8. The van der Waals surface area contributed by atoms with E-state index >= 15 is 0 Å². The second-order valence-electron chi connectivity index (χ2n) is 10.5. The minimum atomic E-state index is -0.654. The Morgan fingerprint density at radius 2 is 2.00 bits per heavy atom. The van der Waals surface area contributed by atoms with Gasteiger partial charge < -0.3 is 16.0 Å². The van der Waals surface area contributed by atoms with Gasteiger partial charge in [-0.05, 0) is 61.7 Å². The number of fused-ring (bicyclic) bond motifs is 4. The first-order chi connectivity index (χ1) is 21.3. The zero-order chi connectivity index (χ0) is 30.8. The van der Waals surface area contributed by atoms with Crippen molar-refractivity contribution in [3.63, 3.8) is 0 Å². The lowest BCUT2D eigenvalue weighted by atomic mass is 9.95. The quantitative estimate of drug-likeness (QED) is 0.194. The van der Waals surface area contributed by atoms with E-state index < -0.39 is 17.8 Å². The van der Waals surface area contributed by atoms with Crippen molar-refractivity contribution in [2.45, 2.75) is 39.2 Å². The summed E-state index contributed by atoms with van der Waals surface area (Å²) in [5, 5.41) is 20.1. The van der Waals surface area contributed by atoms with Crippen LogP contribution in [0.3, 0.4) is 0 Å². The van der Waals surface area contributed by atoms with Crippen LogP contribution in [0.1, 0.15) is 54.1 Å². The Bertz CT molecular complexity index is 1840. The highest BCUT2D eigenvalue weighted by molar-refractivity contribution is 7.13. The molecule has 2 amide bonds. The Morgan fingerprint density at radius 3 is 2.82 bits per heavy atom. The van der Waals surface area contributed by atoms with E-state index in [2.05, 4.69) is 36.2 Å². The molecule has 0 unspecified atom stereocenters. The summed E-state index contributed by atoms with van der Waals surface area (Å²) < 4.78 is 16.0. The lowest BCUT2D eigenvalue weighted by Gasteiger charge is -2.22. The first-order valence-corrected chi connectivity index (χ1v) is 15.3. The van der Waals surface area contributed by atoms with Crippen LogP contribution in [0, 0.1) is 18.7 Å². The minimum absolute atomic E-state index is 0.0564. The SMILES string of the molecule is Cc1c(C(=O)N[C@H]2CCC[C@H](C)C(=O)Nc3cc(Nc4nccs4)ccc3-c3ccnc2c3)nnn1-c1cccc(Cl)c1F. The number of amides is 2. The molecule has 2 aromatic carbocycles. The van der Waals surface area contributed by atoms with Gasteiger partial charge >= 0.3 is 0 Å². The normalized spacial score (nSPS) is 16.7. The molecule has 44 heavy (non-hydrogen) atoms. The standard InChI is InChI=1S/C31H28ClFN8O2S/c1-17-5-3-7-23(37-30(43)28-18(2)41(40-39-28)26-8-4-6-22(32)27(26)33)25-15-19(11-12-34-25)21-10-9-20(16-24(21)38-29(17)42)36-31-35-13-14-44-31/h4,6,8-17,23H,3,5,7H2,1-2H3,(H,35,36)(H,37,43)(H,38,42)/t17-,23-/m0/s1. The van der Waals surface area contributed by atoms with E-state index in [0.717, 1.165) is 21.9 Å². The van der Waals surface area contributed by atoms with Crippen LogP contribution < -0.4 is 16.0 Å². The van der Waals surface area contributed by atoms with Crippen LogP contribution in [0.4, 0.5) is 20.9 Å². The highest BCUT2D eigenvalue weighted by Crippen LogP contribution is 2.35. The summed E-state index contributed by atoms with van der Waals surface area (Å²) in [5.74, 6) is -1.48. The molecule has 13 heteroatoms. The van der Waals surface area contributed by atoms with Gasteiger partial charge in [-0.1, -0.05) is 42.3 Å². The number of thiazole rings is 1. The lowest BCUT2D eigenvalue weighted by Crippen LogP contribution is -2.30. The van der Waals surface area contributed by atoms with Gasteiger partial charge in [-0.25, -0.2) is 14.1 Å². The third kappa shape index (κ3) is 6.03. The third-order valence-electron chi connectivity index (χ3n) is 7.56. The van der Waals surface area contributed by atoms with Gasteiger partial charge in [0, 0.05) is 34.9 Å². The van der Waals surface area contributed by atoms with Crippen molar-refractivity contribution in [3.8, 4) is 16.8 Å². The van der Waals surface area contributed by atoms with Crippen LogP contribution in [0.25, 0.3) is 16.8 Å². The molecule has 4 heterocycles. The van der Waals surface area contributed by atoms with Gasteiger partial charge in [-0.15, -0.1) is 16.4 Å². The Hall–Kier alpha value is -4.68. The predicted molar refractivity (Wildman–Crippen MR) is 168 cm³/mol. The number of pyridine rings is 1. The molecule has 2 bridgehead atoms. The van der Waals surface area contributed by atoms with Crippen molar-refractivity contribution in [1.29, 1.82) is 0 Å². The van der Waals surface area contributed by atoms with E-state index in [1.807, 2.05) is 42.6 Å². The largest absolute Gasteiger partial charge is 0.342 e. The lowest BCUT2D eigenvalue weighted by molar-refractivity contribution is -0.119. The van der Waals surface area contributed by atoms with Gasteiger partial charge in [0.1, 0.15) is 5.69 Å². The Balaban J connectivity index is 1.32. The van der Waals surface area contributed by atoms with Crippen LogP contribution in [0.5, 0.6) is 0 Å². The maximum Gasteiger partial charge on any atom is 0.274 e. The van der Waals surface area contributed by atoms with Crippen LogP contribution in [0.2, 0.25) is 5.02 Å². The van der Waals surface area contributed by atoms with E-state index in [0.29, 0.717) is 36.3 Å². The number of hydrogen-bond acceptors (Lipinski definition) is 8. The number of rotatable bonds is 5. The van der Waals surface area contributed by atoms with E-state index in [9.17, 15) is 14.0 Å². The maximum atomic E-state index is 14.7. The molecule has 0 saturated carbocycles. The molecule has 6 rings (SSSR count). The van der Waals surface area contributed by atoms with E-state index in [1.165, 1.54) is 28.2 Å². The van der Waals surface area contributed by atoms with Crippen LogP contribution in [-0.2, 0) is 4.79 Å². The number of aromatic nitrogens is 5. The molecule has 0 radical (unpaired) electrons. The molecule has 3 N–H and O–H groups in total. The second-order valence-corrected chi connectivity index (χ2v) is 11.8. The average molecular weight is 631 g/mol.